The van der Waals surface area contributed by atoms with E-state index in [4.69, 9.17) is 13.9 Å². The Bertz CT molecular complexity index is 1550. The molecule has 3 aromatic carbocycles. The van der Waals surface area contributed by atoms with Gasteiger partial charge in [0, 0.05) is 6.42 Å². The van der Waals surface area contributed by atoms with Crippen LogP contribution < -0.4 is 20.4 Å². The summed E-state index contributed by atoms with van der Waals surface area (Å²) in [4.78, 5) is 14.0. The van der Waals surface area contributed by atoms with Crippen LogP contribution in [0.2, 0.25) is 5.04 Å². The van der Waals surface area contributed by atoms with E-state index in [-0.39, 0.29) is 23.1 Å². The van der Waals surface area contributed by atoms with Crippen molar-refractivity contribution < 1.29 is 18.7 Å². The third-order valence-electron chi connectivity index (χ3n) is 13.0. The first-order chi connectivity index (χ1) is 31.2. The average Bonchev–Trinajstić information content (AvgIpc) is 3.30. The zero-order valence-electron chi connectivity index (χ0n) is 41.8. The first kappa shape index (κ1) is 55.1. The largest absolute Gasteiger partial charge is 0.497 e. The summed E-state index contributed by atoms with van der Waals surface area (Å²) in [6, 6.07) is 29.3. The minimum Gasteiger partial charge on any atom is -0.497 e. The normalized spacial score (nSPS) is 13.0. The number of allylic oxidation sites excluding steroid dienone is 1. The Balaban J connectivity index is 1.75. The van der Waals surface area contributed by atoms with Crippen LogP contribution in [0.3, 0.4) is 0 Å². The maximum atomic E-state index is 14.0. The Morgan fingerprint density at radius 3 is 1.47 bits per heavy atom. The van der Waals surface area contributed by atoms with Crippen molar-refractivity contribution >= 4 is 24.6 Å². The van der Waals surface area contributed by atoms with Gasteiger partial charge < -0.3 is 19.2 Å². The second-order valence-electron chi connectivity index (χ2n) is 19.5. The van der Waals surface area contributed by atoms with Crippen LogP contribution in [-0.2, 0) is 20.6 Å². The quantitative estimate of drug-likeness (QED) is 0.0354. The van der Waals surface area contributed by atoms with Crippen molar-refractivity contribution in [3.05, 3.63) is 103 Å². The van der Waals surface area contributed by atoms with Gasteiger partial charge in [0.25, 0.3) is 8.32 Å². The predicted molar refractivity (Wildman–Crippen MR) is 278 cm³/mol. The molecule has 0 saturated carbocycles. The number of ether oxygens (including phenoxy) is 2. The summed E-state index contributed by atoms with van der Waals surface area (Å²) in [6.07, 6.45) is 37.0. The predicted octanol–water partition coefficient (Wildman–Crippen LogP) is 15.4. The molecule has 0 spiro atoms. The number of amides is 1. The van der Waals surface area contributed by atoms with Crippen molar-refractivity contribution in [2.75, 3.05) is 13.7 Å². The lowest BCUT2D eigenvalue weighted by molar-refractivity contribution is -0.123. The highest BCUT2D eigenvalue weighted by molar-refractivity contribution is 6.99. The Hall–Kier alpha value is -3.19. The molecule has 358 valence electrons. The van der Waals surface area contributed by atoms with E-state index in [1.807, 2.05) is 12.1 Å². The van der Waals surface area contributed by atoms with Crippen molar-refractivity contribution in [3.63, 3.8) is 0 Å². The van der Waals surface area contributed by atoms with Crippen LogP contribution in [0.1, 0.15) is 207 Å². The van der Waals surface area contributed by atoms with Gasteiger partial charge >= 0.3 is 0 Å². The molecule has 0 radical (unpaired) electrons. The van der Waals surface area contributed by atoms with Crippen LogP contribution in [0.15, 0.2) is 97.1 Å². The minimum absolute atomic E-state index is 0.0796. The summed E-state index contributed by atoms with van der Waals surface area (Å²) in [7, 11) is -1.19. The van der Waals surface area contributed by atoms with Gasteiger partial charge in [0.05, 0.1) is 32.5 Å². The molecule has 0 heterocycles. The van der Waals surface area contributed by atoms with Crippen LogP contribution in [0.5, 0.6) is 5.75 Å². The molecule has 0 unspecified atom stereocenters. The topological polar surface area (TPSA) is 56.8 Å². The van der Waals surface area contributed by atoms with Gasteiger partial charge in [-0.15, -0.1) is 0 Å². The van der Waals surface area contributed by atoms with E-state index in [2.05, 4.69) is 125 Å². The number of rotatable bonds is 38. The van der Waals surface area contributed by atoms with Gasteiger partial charge in [-0.1, -0.05) is 261 Å². The van der Waals surface area contributed by atoms with Crippen LogP contribution in [0, 0.1) is 0 Å². The number of nitrogens with one attached hydrogen (secondary N) is 1. The highest BCUT2D eigenvalue weighted by atomic mass is 28.4. The molecule has 5 nitrogen and oxygen atoms in total. The maximum Gasteiger partial charge on any atom is 0.261 e. The van der Waals surface area contributed by atoms with Gasteiger partial charge in [-0.05, 0) is 52.4 Å². The van der Waals surface area contributed by atoms with Gasteiger partial charge in [0.1, 0.15) is 5.75 Å². The van der Waals surface area contributed by atoms with Gasteiger partial charge in [0.15, 0.2) is 0 Å². The molecule has 1 N–H and O–H groups in total. The number of hydrogen-bond acceptors (Lipinski definition) is 4. The Morgan fingerprint density at radius 2 is 1.03 bits per heavy atom. The minimum atomic E-state index is -2.88. The Kier molecular flexibility index (Phi) is 29.4. The van der Waals surface area contributed by atoms with E-state index >= 15 is 0 Å². The van der Waals surface area contributed by atoms with Gasteiger partial charge in [-0.2, -0.15) is 0 Å². The van der Waals surface area contributed by atoms with Crippen LogP contribution in [0.25, 0.3) is 0 Å². The van der Waals surface area contributed by atoms with Crippen molar-refractivity contribution in [1.82, 2.24) is 5.32 Å². The summed E-state index contributed by atoms with van der Waals surface area (Å²) in [5.74, 6) is 0.903. The fourth-order valence-corrected chi connectivity index (χ4v) is 13.7. The molecule has 2 atom stereocenters. The number of carbonyl (C=O) groups is 1. The van der Waals surface area contributed by atoms with E-state index < -0.39 is 8.32 Å². The second-order valence-corrected chi connectivity index (χ2v) is 23.8. The lowest BCUT2D eigenvalue weighted by Gasteiger charge is -2.44. The van der Waals surface area contributed by atoms with E-state index in [0.717, 1.165) is 37.0 Å². The number of carbonyl (C=O) groups excluding carboxylic acids is 1. The molecule has 1 amide bonds. The zero-order valence-corrected chi connectivity index (χ0v) is 42.8. The molecule has 0 saturated heterocycles. The lowest BCUT2D eigenvalue weighted by Crippen LogP contribution is -2.67. The van der Waals surface area contributed by atoms with Crippen LogP contribution in [0.4, 0.5) is 0 Å². The monoisotopic (exact) mass is 896 g/mol. The smallest absolute Gasteiger partial charge is 0.261 e. The molecule has 3 rings (SSSR count). The van der Waals surface area contributed by atoms with E-state index in [9.17, 15) is 4.79 Å². The number of methoxy groups -OCH3 is 1. The van der Waals surface area contributed by atoms with Crippen LogP contribution in [-0.4, -0.2) is 40.1 Å². The number of unbranched alkanes of at least 4 members (excludes halogenated alkanes) is 23. The van der Waals surface area contributed by atoms with Gasteiger partial charge in [-0.25, -0.2) is 0 Å². The van der Waals surface area contributed by atoms with Crippen molar-refractivity contribution in [2.45, 2.75) is 225 Å². The highest BCUT2D eigenvalue weighted by Gasteiger charge is 2.50. The van der Waals surface area contributed by atoms with Crippen molar-refractivity contribution in [2.24, 2.45) is 0 Å². The highest BCUT2D eigenvalue weighted by Crippen LogP contribution is 2.37. The third kappa shape index (κ3) is 21.9. The van der Waals surface area contributed by atoms with E-state index in [1.54, 1.807) is 7.11 Å². The first-order valence-electron chi connectivity index (χ1n) is 26.2. The SMILES string of the molecule is CCCCCCCCCCCCC/C=C/[C@@H](OCc1ccc(OC)cc1)[C@H](CO[Si](c1ccccc1)(c1ccccc1)C(C)(C)C)NC(=O)CCCCCCCCCCCCCCC. The summed E-state index contributed by atoms with van der Waals surface area (Å²) >= 11 is 0. The molecule has 0 bridgehead atoms. The Morgan fingerprint density at radius 1 is 0.594 bits per heavy atom. The fraction of sp³-hybridized carbons (Fsp3) is 0.638. The summed E-state index contributed by atoms with van der Waals surface area (Å²) in [5.41, 5.74) is 1.06. The second kappa shape index (κ2) is 34.2. The molecule has 6 heteroatoms. The van der Waals surface area contributed by atoms with Crippen molar-refractivity contribution in [1.29, 1.82) is 0 Å². The van der Waals surface area contributed by atoms with Crippen molar-refractivity contribution in [3.8, 4) is 5.75 Å². The molecule has 0 aromatic heterocycles. The molecule has 3 aromatic rings. The molecule has 0 aliphatic heterocycles. The average molecular weight is 896 g/mol. The molecule has 0 aliphatic carbocycles. The van der Waals surface area contributed by atoms with E-state index in [1.165, 1.54) is 145 Å². The first-order valence-corrected chi connectivity index (χ1v) is 28.1. The molecule has 0 aliphatic rings. The molecular formula is C58H93NO4Si. The fourth-order valence-electron chi connectivity index (χ4n) is 9.15. The molecule has 64 heavy (non-hydrogen) atoms. The summed E-state index contributed by atoms with van der Waals surface area (Å²) < 4.78 is 19.8. The summed E-state index contributed by atoms with van der Waals surface area (Å²) in [5, 5.41) is 5.77. The molecule has 0 fully saturated rings. The molecular weight excluding hydrogens is 803 g/mol. The zero-order chi connectivity index (χ0) is 46.0. The summed E-state index contributed by atoms with van der Waals surface area (Å²) in [6.45, 7) is 12.3. The van der Waals surface area contributed by atoms with Gasteiger partial charge in [0.2, 0.25) is 5.91 Å². The van der Waals surface area contributed by atoms with Gasteiger partial charge in [-0.3, -0.25) is 4.79 Å². The van der Waals surface area contributed by atoms with Crippen LogP contribution >= 0.6 is 0 Å². The lowest BCUT2D eigenvalue weighted by atomic mass is 10.0. The standard InChI is InChI=1S/C58H93NO4Si/c1-7-9-11-13-15-17-19-21-23-25-27-29-37-43-56(62-49-51-45-47-52(61-6)48-46-51)55(59-57(60)44-38-30-28-26-24-22-20-18-16-14-12-10-8-2)50-63-64(58(3,4)5,53-39-33-31-34-40-53)54-41-35-32-36-42-54/h31-37,39-43,45-48,55-56H,7-30,38,44,49-50H2,1-6H3,(H,59,60)/b43-37+/t55-,56+/m0/s1. The number of hydrogen-bond donors (Lipinski definition) is 1. The Labute approximate surface area is 394 Å². The maximum absolute atomic E-state index is 14.0. The number of benzene rings is 3. The third-order valence-corrected chi connectivity index (χ3v) is 18.1. The van der Waals surface area contributed by atoms with E-state index in [0.29, 0.717) is 19.6 Å².